The van der Waals surface area contributed by atoms with E-state index in [1.54, 1.807) is 12.1 Å². The molecule has 5 atom stereocenters. The third-order valence-corrected chi connectivity index (χ3v) is 5.21. The standard InChI is InChI=1S/C20H18O10/c21-7-12-17(25)18(26)19(27)20(28,30-12)29-11-6-5-10-13(16(11)24)15(23)9-4-2-1-3-8(9)14(10)22/h1-6,12,17-19,21,24-28H,7H2/t12-,17-,18+,19-,20-/m1/s1. The van der Waals surface area contributed by atoms with Crippen molar-refractivity contribution in [1.29, 1.82) is 0 Å². The smallest absolute Gasteiger partial charge is 0.355 e. The molecule has 10 heteroatoms. The number of aliphatic hydroxyl groups excluding tert-OH is 4. The van der Waals surface area contributed by atoms with Gasteiger partial charge in [0.1, 0.15) is 18.3 Å². The van der Waals surface area contributed by atoms with Crippen molar-refractivity contribution in [3.05, 3.63) is 58.7 Å². The Kier molecular flexibility index (Phi) is 4.85. The van der Waals surface area contributed by atoms with Gasteiger partial charge < -0.3 is 40.1 Å². The first-order valence-corrected chi connectivity index (χ1v) is 8.98. The molecule has 2 aromatic carbocycles. The fourth-order valence-corrected chi connectivity index (χ4v) is 3.60. The number of carbonyl (C=O) groups excluding carboxylic acids is 2. The van der Waals surface area contributed by atoms with Crippen LogP contribution in [0.1, 0.15) is 31.8 Å². The molecule has 1 aliphatic heterocycles. The average Bonchev–Trinajstić information content (AvgIpc) is 2.74. The van der Waals surface area contributed by atoms with Gasteiger partial charge in [-0.1, -0.05) is 24.3 Å². The maximum atomic E-state index is 12.8. The van der Waals surface area contributed by atoms with Crippen LogP contribution in [0.3, 0.4) is 0 Å². The summed E-state index contributed by atoms with van der Waals surface area (Å²) in [7, 11) is 0. The lowest BCUT2D eigenvalue weighted by molar-refractivity contribution is -0.422. The molecule has 6 N–H and O–H groups in total. The fourth-order valence-electron chi connectivity index (χ4n) is 3.60. The van der Waals surface area contributed by atoms with Crippen LogP contribution in [-0.4, -0.2) is 79.2 Å². The number of phenols is 1. The van der Waals surface area contributed by atoms with Crippen LogP contribution < -0.4 is 4.74 Å². The van der Waals surface area contributed by atoms with Crippen molar-refractivity contribution < 1.29 is 49.7 Å². The zero-order chi connectivity index (χ0) is 21.8. The molecule has 2 aliphatic rings. The molecule has 0 saturated carbocycles. The van der Waals surface area contributed by atoms with Crippen LogP contribution in [-0.2, 0) is 4.74 Å². The first kappa shape index (κ1) is 20.4. The molecule has 1 aliphatic carbocycles. The third-order valence-electron chi connectivity index (χ3n) is 5.21. The van der Waals surface area contributed by atoms with Gasteiger partial charge in [-0.15, -0.1) is 0 Å². The summed E-state index contributed by atoms with van der Waals surface area (Å²) in [6, 6.07) is 8.35. The van der Waals surface area contributed by atoms with Gasteiger partial charge in [0.2, 0.25) is 0 Å². The summed E-state index contributed by atoms with van der Waals surface area (Å²) in [5, 5.41) is 60.2. The van der Waals surface area contributed by atoms with Crippen molar-refractivity contribution in [2.24, 2.45) is 0 Å². The molecule has 158 valence electrons. The quantitative estimate of drug-likeness (QED) is 0.280. The lowest BCUT2D eigenvalue weighted by Crippen LogP contribution is -2.67. The molecule has 1 saturated heterocycles. The second-order valence-electron chi connectivity index (χ2n) is 7.04. The average molecular weight is 418 g/mol. The van der Waals surface area contributed by atoms with E-state index in [1.165, 1.54) is 18.2 Å². The Morgan fingerprint density at radius 1 is 0.933 bits per heavy atom. The van der Waals surface area contributed by atoms with Crippen LogP contribution in [0.4, 0.5) is 0 Å². The number of phenolic OH excluding ortho intramolecular Hbond substituents is 1. The highest BCUT2D eigenvalue weighted by Gasteiger charge is 2.55. The summed E-state index contributed by atoms with van der Waals surface area (Å²) < 4.78 is 10.1. The van der Waals surface area contributed by atoms with Crippen LogP contribution in [0.25, 0.3) is 0 Å². The van der Waals surface area contributed by atoms with Crippen LogP contribution in [0.15, 0.2) is 36.4 Å². The van der Waals surface area contributed by atoms with E-state index in [-0.39, 0.29) is 22.3 Å². The fraction of sp³-hybridized carbons (Fsp3) is 0.300. The van der Waals surface area contributed by atoms with Gasteiger partial charge in [-0.05, 0) is 12.1 Å². The van der Waals surface area contributed by atoms with Gasteiger partial charge >= 0.3 is 5.97 Å². The number of benzene rings is 2. The van der Waals surface area contributed by atoms with E-state index in [4.69, 9.17) is 9.47 Å². The number of hydrogen-bond acceptors (Lipinski definition) is 10. The Bertz CT molecular complexity index is 1030. The summed E-state index contributed by atoms with van der Waals surface area (Å²) in [5.41, 5.74) is -0.182. The van der Waals surface area contributed by atoms with Gasteiger partial charge in [0.15, 0.2) is 29.2 Å². The molecule has 1 fully saturated rings. The number of fused-ring (bicyclic) bond motifs is 2. The second kappa shape index (κ2) is 7.13. The zero-order valence-corrected chi connectivity index (χ0v) is 15.3. The minimum atomic E-state index is -2.97. The summed E-state index contributed by atoms with van der Waals surface area (Å²) in [5.74, 6) is -5.43. The largest absolute Gasteiger partial charge is 0.504 e. The molecule has 0 amide bonds. The van der Waals surface area contributed by atoms with E-state index in [2.05, 4.69) is 0 Å². The van der Waals surface area contributed by atoms with Crippen molar-refractivity contribution in [3.8, 4) is 11.5 Å². The van der Waals surface area contributed by atoms with Gasteiger partial charge in [-0.2, -0.15) is 0 Å². The predicted molar refractivity (Wildman–Crippen MR) is 97.0 cm³/mol. The van der Waals surface area contributed by atoms with Gasteiger partial charge in [-0.3, -0.25) is 9.59 Å². The van der Waals surface area contributed by atoms with Gasteiger partial charge in [0, 0.05) is 16.7 Å². The van der Waals surface area contributed by atoms with E-state index >= 15 is 0 Å². The highest BCUT2D eigenvalue weighted by atomic mass is 16.8. The van der Waals surface area contributed by atoms with Gasteiger partial charge in [-0.25, -0.2) is 0 Å². The Labute approximate surface area is 169 Å². The molecular formula is C20H18O10. The zero-order valence-electron chi connectivity index (χ0n) is 15.3. The van der Waals surface area contributed by atoms with Crippen molar-refractivity contribution in [2.45, 2.75) is 30.4 Å². The van der Waals surface area contributed by atoms with Crippen molar-refractivity contribution in [3.63, 3.8) is 0 Å². The number of ether oxygens (including phenoxy) is 2. The summed E-state index contributed by atoms with van der Waals surface area (Å²) in [6.45, 7) is -0.823. The Balaban J connectivity index is 1.74. The maximum Gasteiger partial charge on any atom is 0.355 e. The molecule has 10 nitrogen and oxygen atoms in total. The Hall–Kier alpha value is -2.86. The number of ketones is 2. The molecular weight excluding hydrogens is 400 g/mol. The lowest BCUT2D eigenvalue weighted by atomic mass is 9.83. The van der Waals surface area contributed by atoms with Crippen LogP contribution >= 0.6 is 0 Å². The third kappa shape index (κ3) is 2.89. The van der Waals surface area contributed by atoms with E-state index in [1.807, 2.05) is 0 Å². The number of hydrogen-bond donors (Lipinski definition) is 6. The topological polar surface area (TPSA) is 174 Å². The van der Waals surface area contributed by atoms with Crippen molar-refractivity contribution in [2.75, 3.05) is 6.61 Å². The number of aromatic hydroxyl groups is 1. The van der Waals surface area contributed by atoms with E-state index < -0.39 is 60.1 Å². The van der Waals surface area contributed by atoms with Crippen LogP contribution in [0.2, 0.25) is 0 Å². The summed E-state index contributed by atoms with van der Waals surface area (Å²) in [4.78, 5) is 25.5. The molecule has 2 aromatic rings. The van der Waals surface area contributed by atoms with Gasteiger partial charge in [0.25, 0.3) is 0 Å². The van der Waals surface area contributed by atoms with Crippen LogP contribution in [0.5, 0.6) is 11.5 Å². The highest BCUT2D eigenvalue weighted by Crippen LogP contribution is 2.41. The Morgan fingerprint density at radius 3 is 2.20 bits per heavy atom. The second-order valence-corrected chi connectivity index (χ2v) is 7.04. The van der Waals surface area contributed by atoms with Crippen molar-refractivity contribution >= 4 is 11.6 Å². The number of aliphatic hydroxyl groups is 5. The minimum absolute atomic E-state index is 0.0778. The Morgan fingerprint density at radius 2 is 1.57 bits per heavy atom. The molecule has 0 aromatic heterocycles. The number of rotatable bonds is 3. The molecule has 30 heavy (non-hydrogen) atoms. The summed E-state index contributed by atoms with van der Waals surface area (Å²) >= 11 is 0. The van der Waals surface area contributed by atoms with Crippen molar-refractivity contribution in [1.82, 2.24) is 0 Å². The molecule has 1 heterocycles. The molecule has 0 spiro atoms. The van der Waals surface area contributed by atoms with E-state index in [0.717, 1.165) is 6.07 Å². The maximum absolute atomic E-state index is 12.8. The summed E-state index contributed by atoms with van der Waals surface area (Å²) in [6.07, 6.45) is -7.37. The molecule has 0 unspecified atom stereocenters. The minimum Gasteiger partial charge on any atom is -0.504 e. The normalized spacial score (nSPS) is 30.6. The first-order chi connectivity index (χ1) is 14.2. The predicted octanol–water partition coefficient (Wildman–Crippen LogP) is -1.33. The molecule has 0 radical (unpaired) electrons. The first-order valence-electron chi connectivity index (χ1n) is 8.98. The van der Waals surface area contributed by atoms with E-state index in [0.29, 0.717) is 0 Å². The van der Waals surface area contributed by atoms with Crippen LogP contribution in [0, 0.1) is 0 Å². The molecule has 4 rings (SSSR count). The highest BCUT2D eigenvalue weighted by molar-refractivity contribution is 6.29. The SMILES string of the molecule is O=C1c2ccccc2C(=O)c2c1ccc(O[C@@]1(O)O[C@H](CO)[C@@H](O)[C@H](O)[C@H]1O)c2O. The number of carbonyl (C=O) groups is 2. The van der Waals surface area contributed by atoms with Gasteiger partial charge in [0.05, 0.1) is 12.2 Å². The monoisotopic (exact) mass is 418 g/mol. The lowest BCUT2D eigenvalue weighted by Gasteiger charge is -2.44. The molecule has 0 bridgehead atoms. The van der Waals surface area contributed by atoms with E-state index in [9.17, 15) is 40.2 Å².